The van der Waals surface area contributed by atoms with E-state index in [1.807, 2.05) is 6.92 Å². The lowest BCUT2D eigenvalue weighted by Gasteiger charge is -2.32. The van der Waals surface area contributed by atoms with Gasteiger partial charge in [-0.15, -0.1) is 0 Å². The molecule has 1 saturated carbocycles. The molecule has 1 unspecified atom stereocenters. The molecule has 0 heterocycles. The van der Waals surface area contributed by atoms with Crippen LogP contribution in [0.3, 0.4) is 0 Å². The zero-order valence-electron chi connectivity index (χ0n) is 10.2. The highest BCUT2D eigenvalue weighted by Gasteiger charge is 2.44. The van der Waals surface area contributed by atoms with Crippen molar-refractivity contribution in [3.63, 3.8) is 0 Å². The van der Waals surface area contributed by atoms with Crippen molar-refractivity contribution < 1.29 is 13.5 Å². The van der Waals surface area contributed by atoms with Crippen LogP contribution in [0.2, 0.25) is 0 Å². The first-order valence-electron chi connectivity index (χ1n) is 6.27. The van der Waals surface area contributed by atoms with Crippen molar-refractivity contribution in [3.8, 4) is 0 Å². The number of hydrogen-bond donors (Lipinski definition) is 1. The van der Waals surface area contributed by atoms with E-state index in [0.717, 1.165) is 24.8 Å². The monoisotopic (exact) mass is 256 g/mol. The average molecular weight is 256 g/mol. The predicted molar refractivity (Wildman–Crippen MR) is 68.3 cm³/mol. The molecule has 3 nitrogen and oxygen atoms in total. The third-order valence-electron chi connectivity index (χ3n) is 3.81. The van der Waals surface area contributed by atoms with Gasteiger partial charge < -0.3 is 5.11 Å². The summed E-state index contributed by atoms with van der Waals surface area (Å²) in [6.45, 7) is 1.91. The van der Waals surface area contributed by atoms with Gasteiger partial charge in [-0.25, -0.2) is 8.42 Å². The van der Waals surface area contributed by atoms with Gasteiger partial charge in [-0.05, 0) is 25.8 Å². The molecule has 0 aliphatic heterocycles. The van der Waals surface area contributed by atoms with E-state index in [0.29, 0.717) is 12.8 Å². The van der Waals surface area contributed by atoms with E-state index in [4.69, 9.17) is 0 Å². The molecule has 0 aromatic rings. The highest BCUT2D eigenvalue weighted by molar-refractivity contribution is 7.93. The summed E-state index contributed by atoms with van der Waals surface area (Å²) >= 11 is 0. The molecule has 2 rings (SSSR count). The Morgan fingerprint density at radius 1 is 1.29 bits per heavy atom. The Balaban J connectivity index is 2.23. The molecule has 0 radical (unpaired) electrons. The minimum atomic E-state index is -3.48. The van der Waals surface area contributed by atoms with Crippen molar-refractivity contribution in [3.05, 3.63) is 23.8 Å². The summed E-state index contributed by atoms with van der Waals surface area (Å²) in [6, 6.07) is 0. The van der Waals surface area contributed by atoms with Crippen LogP contribution in [0, 0.1) is 0 Å². The Labute approximate surface area is 103 Å². The number of sulfone groups is 1. The number of aliphatic hydroxyl groups is 1. The van der Waals surface area contributed by atoms with E-state index in [1.54, 1.807) is 12.2 Å². The summed E-state index contributed by atoms with van der Waals surface area (Å²) in [5.74, 6) is 0. The second-order valence-electron chi connectivity index (χ2n) is 5.14. The van der Waals surface area contributed by atoms with Crippen LogP contribution >= 0.6 is 0 Å². The normalized spacial score (nSPS) is 31.3. The van der Waals surface area contributed by atoms with Gasteiger partial charge in [0.15, 0.2) is 14.8 Å². The van der Waals surface area contributed by atoms with Crippen LogP contribution in [-0.2, 0) is 9.84 Å². The van der Waals surface area contributed by atoms with Crippen molar-refractivity contribution in [2.75, 3.05) is 0 Å². The van der Waals surface area contributed by atoms with E-state index in [9.17, 15) is 13.5 Å². The van der Waals surface area contributed by atoms with E-state index in [1.165, 1.54) is 6.08 Å². The van der Waals surface area contributed by atoms with E-state index in [2.05, 4.69) is 0 Å². The lowest BCUT2D eigenvalue weighted by Crippen LogP contribution is -2.44. The molecule has 1 fully saturated rings. The molecular formula is C13H20O3S. The third kappa shape index (κ3) is 2.33. The molecule has 0 amide bonds. The first-order chi connectivity index (χ1) is 7.96. The average Bonchev–Trinajstić information content (AvgIpc) is 2.34. The second kappa shape index (κ2) is 4.58. The fraction of sp³-hybridized carbons (Fsp3) is 0.692. The molecule has 0 aromatic carbocycles. The lowest BCUT2D eigenvalue weighted by molar-refractivity contribution is 0.172. The van der Waals surface area contributed by atoms with Gasteiger partial charge in [-0.2, -0.15) is 0 Å². The second-order valence-corrected chi connectivity index (χ2v) is 7.60. The van der Waals surface area contributed by atoms with Crippen LogP contribution in [-0.4, -0.2) is 23.7 Å². The topological polar surface area (TPSA) is 54.4 Å². The standard InChI is InChI=1S/C13H20O3S/c1-11-7-9-13(14,10-8-11)17(15,16)12-5-3-2-4-6-12/h7-9,12,14H,2-6,10H2,1H3. The van der Waals surface area contributed by atoms with Gasteiger partial charge >= 0.3 is 0 Å². The van der Waals surface area contributed by atoms with E-state index >= 15 is 0 Å². The highest BCUT2D eigenvalue weighted by atomic mass is 32.2. The fourth-order valence-corrected chi connectivity index (χ4v) is 4.68. The van der Waals surface area contributed by atoms with Gasteiger partial charge in [-0.3, -0.25) is 0 Å². The fourth-order valence-electron chi connectivity index (χ4n) is 2.58. The van der Waals surface area contributed by atoms with E-state index < -0.39 is 14.8 Å². The first kappa shape index (κ1) is 12.8. The molecule has 1 N–H and O–H groups in total. The molecule has 0 spiro atoms. The SMILES string of the molecule is CC1=CCC(O)(S(=O)(=O)C2CCCCC2)C=C1. The summed E-state index contributed by atoms with van der Waals surface area (Å²) in [5.41, 5.74) is 1.01. The Morgan fingerprint density at radius 3 is 2.47 bits per heavy atom. The van der Waals surface area contributed by atoms with Crippen LogP contribution in [0.15, 0.2) is 23.8 Å². The zero-order valence-corrected chi connectivity index (χ0v) is 11.0. The van der Waals surface area contributed by atoms with Crippen LogP contribution < -0.4 is 0 Å². The molecule has 96 valence electrons. The van der Waals surface area contributed by atoms with Gasteiger partial charge in [0.05, 0.1) is 5.25 Å². The lowest BCUT2D eigenvalue weighted by atomic mass is 10.0. The van der Waals surface area contributed by atoms with E-state index in [-0.39, 0.29) is 11.7 Å². The van der Waals surface area contributed by atoms with Gasteiger partial charge in [0.2, 0.25) is 0 Å². The summed E-state index contributed by atoms with van der Waals surface area (Å²) in [6.07, 6.45) is 9.55. The summed E-state index contributed by atoms with van der Waals surface area (Å²) in [5, 5.41) is 9.99. The van der Waals surface area contributed by atoms with Gasteiger partial charge in [0, 0.05) is 6.42 Å². The zero-order chi connectivity index (χ0) is 12.5. The molecular weight excluding hydrogens is 236 g/mol. The Hall–Kier alpha value is -0.610. The minimum absolute atomic E-state index is 0.189. The smallest absolute Gasteiger partial charge is 0.188 e. The van der Waals surface area contributed by atoms with Crippen LogP contribution in [0.25, 0.3) is 0 Å². The first-order valence-corrected chi connectivity index (χ1v) is 7.82. The Kier molecular flexibility index (Phi) is 3.46. The maximum absolute atomic E-state index is 12.4. The van der Waals surface area contributed by atoms with Gasteiger partial charge in [0.25, 0.3) is 0 Å². The predicted octanol–water partition coefficient (Wildman–Crippen LogP) is 2.33. The molecule has 0 saturated heterocycles. The summed E-state index contributed by atoms with van der Waals surface area (Å²) < 4.78 is 24.9. The largest absolute Gasteiger partial charge is 0.371 e. The maximum Gasteiger partial charge on any atom is 0.188 e. The molecule has 1 atom stereocenters. The molecule has 4 heteroatoms. The maximum atomic E-state index is 12.4. The molecule has 0 bridgehead atoms. The van der Waals surface area contributed by atoms with Crippen molar-refractivity contribution >= 4 is 9.84 Å². The van der Waals surface area contributed by atoms with Crippen molar-refractivity contribution in [2.24, 2.45) is 0 Å². The number of hydrogen-bond acceptors (Lipinski definition) is 3. The Bertz CT molecular complexity index is 441. The summed E-state index contributed by atoms with van der Waals surface area (Å²) in [7, 11) is -3.48. The van der Waals surface area contributed by atoms with Crippen LogP contribution in [0.4, 0.5) is 0 Å². The quantitative estimate of drug-likeness (QED) is 0.825. The van der Waals surface area contributed by atoms with Crippen LogP contribution in [0.5, 0.6) is 0 Å². The number of rotatable bonds is 2. The minimum Gasteiger partial charge on any atom is -0.371 e. The summed E-state index contributed by atoms with van der Waals surface area (Å²) in [4.78, 5) is -1.67. The highest BCUT2D eigenvalue weighted by Crippen LogP contribution is 2.35. The van der Waals surface area contributed by atoms with Gasteiger partial charge in [-0.1, -0.05) is 37.0 Å². The molecule has 0 aromatic heterocycles. The molecule has 2 aliphatic rings. The van der Waals surface area contributed by atoms with Crippen molar-refractivity contribution in [1.82, 2.24) is 0 Å². The number of allylic oxidation sites excluding steroid dienone is 2. The third-order valence-corrected chi connectivity index (χ3v) is 6.44. The van der Waals surface area contributed by atoms with Gasteiger partial charge in [0.1, 0.15) is 0 Å². The Morgan fingerprint density at radius 2 is 1.94 bits per heavy atom. The van der Waals surface area contributed by atoms with Crippen LogP contribution in [0.1, 0.15) is 45.4 Å². The van der Waals surface area contributed by atoms with Crippen molar-refractivity contribution in [1.29, 1.82) is 0 Å². The molecule has 17 heavy (non-hydrogen) atoms. The van der Waals surface area contributed by atoms with Crippen molar-refractivity contribution in [2.45, 2.75) is 55.6 Å². The molecule has 2 aliphatic carbocycles.